The van der Waals surface area contributed by atoms with Crippen molar-refractivity contribution in [2.75, 3.05) is 19.4 Å². The fourth-order valence-electron chi connectivity index (χ4n) is 7.94. The zero-order chi connectivity index (χ0) is 33.5. The standard InChI is InChI=1S/C39H41Cl2N3O3/c1-24(2)18-21-32-39(30-20-19-29(41)23-31(30)42-38(39)47)33(27-16-11-17-28(40)22-27)35(37(46)43(3)4)44(32)34(25-12-7-5-8-13-25)36(45)26-14-9-6-10-15-26/h5-17,19-20,22-24,32-36,45H,18,21H2,1-4H3,(H,42,47)/t32-,33+,34-,35?,36+,39+/m1/s1. The van der Waals surface area contributed by atoms with Crippen molar-refractivity contribution in [2.24, 2.45) is 5.92 Å². The van der Waals surface area contributed by atoms with Crippen molar-refractivity contribution in [2.45, 2.75) is 62.3 Å². The van der Waals surface area contributed by atoms with Crippen LogP contribution in [0.15, 0.2) is 103 Å². The second kappa shape index (κ2) is 13.4. The van der Waals surface area contributed by atoms with E-state index in [-0.39, 0.29) is 11.8 Å². The number of rotatable bonds is 9. The number of hydrogen-bond donors (Lipinski definition) is 2. The summed E-state index contributed by atoms with van der Waals surface area (Å²) in [5.74, 6) is -0.665. The van der Waals surface area contributed by atoms with Gasteiger partial charge in [-0.25, -0.2) is 0 Å². The molecule has 1 saturated heterocycles. The molecule has 6 rings (SSSR count). The van der Waals surface area contributed by atoms with Crippen molar-refractivity contribution in [3.63, 3.8) is 0 Å². The number of carbonyl (C=O) groups excluding carboxylic acids is 2. The smallest absolute Gasteiger partial charge is 0.240 e. The summed E-state index contributed by atoms with van der Waals surface area (Å²) in [7, 11) is 3.49. The number of amides is 2. The Bertz CT molecular complexity index is 1750. The number of aliphatic hydroxyl groups excluding tert-OH is 1. The lowest BCUT2D eigenvalue weighted by atomic mass is 9.63. The number of nitrogens with one attached hydrogen (secondary N) is 1. The van der Waals surface area contributed by atoms with Crippen LogP contribution in [0.4, 0.5) is 5.69 Å². The first-order valence-corrected chi connectivity index (χ1v) is 16.9. The van der Waals surface area contributed by atoms with Crippen LogP contribution in [0.2, 0.25) is 10.0 Å². The molecule has 1 fully saturated rings. The monoisotopic (exact) mass is 669 g/mol. The summed E-state index contributed by atoms with van der Waals surface area (Å²) < 4.78 is 0. The number of carbonyl (C=O) groups is 2. The molecule has 2 aliphatic heterocycles. The van der Waals surface area contributed by atoms with E-state index in [4.69, 9.17) is 23.2 Å². The molecule has 47 heavy (non-hydrogen) atoms. The van der Waals surface area contributed by atoms with Gasteiger partial charge in [0.1, 0.15) is 5.41 Å². The average Bonchev–Trinajstić information content (AvgIpc) is 3.51. The molecular formula is C39H41Cl2N3O3. The molecule has 6 nitrogen and oxygen atoms in total. The van der Waals surface area contributed by atoms with Crippen LogP contribution in [-0.2, 0) is 15.0 Å². The van der Waals surface area contributed by atoms with Gasteiger partial charge >= 0.3 is 0 Å². The number of anilines is 1. The normalized spacial score (nSPS) is 23.5. The molecule has 0 radical (unpaired) electrons. The Morgan fingerprint density at radius 1 is 0.894 bits per heavy atom. The van der Waals surface area contributed by atoms with Gasteiger partial charge in [-0.3, -0.25) is 14.5 Å². The lowest BCUT2D eigenvalue weighted by Crippen LogP contribution is -2.51. The van der Waals surface area contributed by atoms with Crippen molar-refractivity contribution in [3.8, 4) is 0 Å². The Morgan fingerprint density at radius 3 is 2.15 bits per heavy atom. The van der Waals surface area contributed by atoms with Crippen LogP contribution >= 0.6 is 23.2 Å². The first-order chi connectivity index (χ1) is 22.5. The van der Waals surface area contributed by atoms with Gasteiger partial charge < -0.3 is 15.3 Å². The quantitative estimate of drug-likeness (QED) is 0.189. The number of halogens is 2. The van der Waals surface area contributed by atoms with E-state index >= 15 is 0 Å². The summed E-state index contributed by atoms with van der Waals surface area (Å²) in [5, 5.41) is 16.7. The minimum absolute atomic E-state index is 0.155. The highest BCUT2D eigenvalue weighted by atomic mass is 35.5. The van der Waals surface area contributed by atoms with Crippen LogP contribution in [0, 0.1) is 5.92 Å². The Balaban J connectivity index is 1.72. The van der Waals surface area contributed by atoms with Gasteiger partial charge in [0.25, 0.3) is 0 Å². The molecule has 0 saturated carbocycles. The first-order valence-electron chi connectivity index (χ1n) is 16.2. The maximum atomic E-state index is 15.0. The number of nitrogens with zero attached hydrogens (tertiary/aromatic N) is 2. The van der Waals surface area contributed by atoms with Crippen LogP contribution < -0.4 is 5.32 Å². The molecular weight excluding hydrogens is 629 g/mol. The fourth-order valence-corrected chi connectivity index (χ4v) is 8.31. The lowest BCUT2D eigenvalue weighted by molar-refractivity contribution is -0.136. The second-order valence-electron chi connectivity index (χ2n) is 13.4. The molecule has 0 aromatic heterocycles. The Hall–Kier alpha value is -3.68. The largest absolute Gasteiger partial charge is 0.386 e. The minimum Gasteiger partial charge on any atom is -0.386 e. The molecule has 1 spiro atoms. The number of likely N-dealkylation sites (N-methyl/N-ethyl adjacent to an activating group) is 1. The van der Waals surface area contributed by atoms with Crippen molar-refractivity contribution in [1.29, 1.82) is 0 Å². The minimum atomic E-state index is -1.21. The zero-order valence-electron chi connectivity index (χ0n) is 27.1. The number of likely N-dealkylation sites (tertiary alicyclic amines) is 1. The van der Waals surface area contributed by atoms with E-state index in [1.807, 2.05) is 91.0 Å². The number of aliphatic hydroxyl groups is 1. The summed E-state index contributed by atoms with van der Waals surface area (Å²) in [6.45, 7) is 4.33. The molecule has 2 N–H and O–H groups in total. The van der Waals surface area contributed by atoms with Crippen LogP contribution in [0.3, 0.4) is 0 Å². The van der Waals surface area contributed by atoms with Crippen LogP contribution in [0.25, 0.3) is 0 Å². The lowest BCUT2D eigenvalue weighted by Gasteiger charge is -2.42. The highest BCUT2D eigenvalue weighted by molar-refractivity contribution is 6.31. The van der Waals surface area contributed by atoms with Crippen LogP contribution in [0.1, 0.15) is 67.0 Å². The van der Waals surface area contributed by atoms with E-state index in [9.17, 15) is 14.7 Å². The summed E-state index contributed by atoms with van der Waals surface area (Å²) in [6.07, 6.45) is 0.390. The highest BCUT2D eigenvalue weighted by Gasteiger charge is 2.69. The molecule has 8 heteroatoms. The predicted molar refractivity (Wildman–Crippen MR) is 189 cm³/mol. The van der Waals surface area contributed by atoms with Crippen molar-refractivity contribution in [3.05, 3.63) is 135 Å². The van der Waals surface area contributed by atoms with E-state index in [1.54, 1.807) is 31.1 Å². The van der Waals surface area contributed by atoms with Gasteiger partial charge in [0.2, 0.25) is 11.8 Å². The molecule has 1 unspecified atom stereocenters. The maximum absolute atomic E-state index is 15.0. The number of fused-ring (bicyclic) bond motifs is 2. The van der Waals surface area contributed by atoms with Gasteiger partial charge in [-0.15, -0.1) is 0 Å². The second-order valence-corrected chi connectivity index (χ2v) is 14.2. The van der Waals surface area contributed by atoms with E-state index in [0.717, 1.165) is 28.7 Å². The molecule has 2 aliphatic rings. The van der Waals surface area contributed by atoms with E-state index in [2.05, 4.69) is 24.1 Å². The van der Waals surface area contributed by atoms with Crippen molar-refractivity contribution < 1.29 is 14.7 Å². The van der Waals surface area contributed by atoms with Gasteiger partial charge in [-0.05, 0) is 65.3 Å². The van der Waals surface area contributed by atoms with E-state index in [0.29, 0.717) is 28.1 Å². The van der Waals surface area contributed by atoms with Gasteiger partial charge in [0.05, 0.1) is 18.2 Å². The van der Waals surface area contributed by atoms with Crippen molar-refractivity contribution >= 4 is 40.7 Å². The third-order valence-corrected chi connectivity index (χ3v) is 10.4. The number of benzene rings is 4. The Labute approximate surface area is 287 Å². The molecule has 0 aliphatic carbocycles. The van der Waals surface area contributed by atoms with Gasteiger partial charge in [0, 0.05) is 41.8 Å². The summed E-state index contributed by atoms with van der Waals surface area (Å²) in [6, 6.07) is 30.4. The summed E-state index contributed by atoms with van der Waals surface area (Å²) in [5.41, 5.74) is 2.59. The van der Waals surface area contributed by atoms with Crippen LogP contribution in [0.5, 0.6) is 0 Å². The first kappa shape index (κ1) is 33.2. The molecule has 0 bridgehead atoms. The van der Waals surface area contributed by atoms with Gasteiger partial charge in [-0.1, -0.05) is 116 Å². The SMILES string of the molecule is CC(C)CC[C@H]1N([C@H](c2ccccc2)[C@@H](O)c2ccccc2)C(C(=O)N(C)C)[C@H](c2cccc(Cl)c2)[C@@]12C(=O)Nc1cc(Cl)ccc12. The van der Waals surface area contributed by atoms with E-state index in [1.165, 1.54) is 0 Å². The topological polar surface area (TPSA) is 72.9 Å². The highest BCUT2D eigenvalue weighted by Crippen LogP contribution is 2.62. The third-order valence-electron chi connectivity index (χ3n) is 9.89. The molecule has 6 atom stereocenters. The van der Waals surface area contributed by atoms with Gasteiger partial charge in [0.15, 0.2) is 0 Å². The predicted octanol–water partition coefficient (Wildman–Crippen LogP) is 8.02. The van der Waals surface area contributed by atoms with Crippen molar-refractivity contribution in [1.82, 2.24) is 9.80 Å². The van der Waals surface area contributed by atoms with Crippen LogP contribution in [-0.4, -0.2) is 52.9 Å². The summed E-state index contributed by atoms with van der Waals surface area (Å²) in [4.78, 5) is 33.6. The molecule has 4 aromatic rings. The Morgan fingerprint density at radius 2 is 1.53 bits per heavy atom. The third kappa shape index (κ3) is 5.86. The average molecular weight is 671 g/mol. The molecule has 244 valence electrons. The zero-order valence-corrected chi connectivity index (χ0v) is 28.6. The van der Waals surface area contributed by atoms with E-state index < -0.39 is 35.6 Å². The van der Waals surface area contributed by atoms with Gasteiger partial charge in [-0.2, -0.15) is 0 Å². The molecule has 2 amide bonds. The Kier molecular flexibility index (Phi) is 9.50. The summed E-state index contributed by atoms with van der Waals surface area (Å²) >= 11 is 13.2. The molecule has 2 heterocycles. The maximum Gasteiger partial charge on any atom is 0.240 e. The molecule has 4 aromatic carbocycles. The number of hydrogen-bond acceptors (Lipinski definition) is 4. The fraction of sp³-hybridized carbons (Fsp3) is 0.333.